The van der Waals surface area contributed by atoms with Crippen molar-refractivity contribution in [2.45, 2.75) is 64.0 Å². The molecular weight excluding hydrogens is 440 g/mol. The Hall–Kier alpha value is -2.57. The molecule has 188 valence electrons. The summed E-state index contributed by atoms with van der Waals surface area (Å²) in [6, 6.07) is 13.3. The fraction of sp³-hybridized carbons (Fsp3) is 0.552. The van der Waals surface area contributed by atoms with Crippen molar-refractivity contribution in [1.82, 2.24) is 5.32 Å². The summed E-state index contributed by atoms with van der Waals surface area (Å²) in [7, 11) is 0. The van der Waals surface area contributed by atoms with Crippen molar-refractivity contribution in [3.8, 4) is 11.5 Å². The molecule has 2 aromatic rings. The van der Waals surface area contributed by atoms with Crippen molar-refractivity contribution in [2.24, 2.45) is 23.2 Å². The third-order valence-corrected chi connectivity index (χ3v) is 8.75. The Bertz CT molecular complexity index is 1030. The molecule has 6 nitrogen and oxygen atoms in total. The zero-order chi connectivity index (χ0) is 24.4. The highest BCUT2D eigenvalue weighted by atomic mass is 16.5. The smallest absolute Gasteiger partial charge is 0.211 e. The molecule has 0 aromatic heterocycles. The first-order valence-electron chi connectivity index (χ1n) is 13.1. The Morgan fingerprint density at radius 3 is 2.71 bits per heavy atom. The Morgan fingerprint density at radius 1 is 1.14 bits per heavy atom. The summed E-state index contributed by atoms with van der Waals surface area (Å²) >= 11 is 0. The molecule has 4 aliphatic rings. The number of amides is 1. The first-order valence-corrected chi connectivity index (χ1v) is 13.1. The number of rotatable bonds is 12. The Labute approximate surface area is 208 Å². The average Bonchev–Trinajstić information content (AvgIpc) is 3.22. The molecule has 6 heteroatoms. The van der Waals surface area contributed by atoms with E-state index in [-0.39, 0.29) is 17.5 Å². The van der Waals surface area contributed by atoms with Crippen LogP contribution in [0.15, 0.2) is 42.5 Å². The van der Waals surface area contributed by atoms with Gasteiger partial charge in [0, 0.05) is 12.6 Å². The number of phenols is 1. The molecule has 6 rings (SSSR count). The van der Waals surface area contributed by atoms with Gasteiger partial charge in [-0.25, -0.2) is 0 Å². The maximum Gasteiger partial charge on any atom is 0.211 e. The van der Waals surface area contributed by atoms with Crippen molar-refractivity contribution in [3.05, 3.63) is 53.6 Å². The number of carbonyl (C=O) groups is 1. The lowest BCUT2D eigenvalue weighted by Gasteiger charge is -2.32. The molecule has 0 aliphatic heterocycles. The van der Waals surface area contributed by atoms with E-state index in [1.165, 1.54) is 50.2 Å². The molecule has 0 radical (unpaired) electrons. The standard InChI is InChI=1S/C29H38N2O4/c1-19(30-17-28(34)23-5-6-27(33)26(14-23)31-18-32)9-20-3-2-4-25(13-20)35-8-7-29-15-21-10-22(16-29)12-24(29)11-21/h2-6,13-14,18-19,21-22,24,28,30,33-34H,7-12,15-17H2,1H3,(H,31,32)/t19-,21?,22?,24?,28+,29?/m1/s1. The van der Waals surface area contributed by atoms with E-state index in [4.69, 9.17) is 4.74 Å². The van der Waals surface area contributed by atoms with E-state index < -0.39 is 6.10 Å². The van der Waals surface area contributed by atoms with E-state index in [0.717, 1.165) is 36.5 Å². The number of ether oxygens (including phenoxy) is 1. The molecule has 2 aromatic carbocycles. The van der Waals surface area contributed by atoms with Crippen molar-refractivity contribution in [3.63, 3.8) is 0 Å². The minimum atomic E-state index is -0.750. The highest BCUT2D eigenvalue weighted by Crippen LogP contribution is 2.66. The molecular formula is C29H38N2O4. The second kappa shape index (κ2) is 10.2. The second-order valence-electron chi connectivity index (χ2n) is 11.2. The first kappa shape index (κ1) is 24.1. The number of hydrogen-bond donors (Lipinski definition) is 4. The molecule has 4 fully saturated rings. The molecule has 4 bridgehead atoms. The number of phenolic OH excluding ortho intramolecular Hbond substituents is 1. The number of aromatic hydroxyl groups is 1. The van der Waals surface area contributed by atoms with Gasteiger partial charge in [-0.05, 0) is 110 Å². The van der Waals surface area contributed by atoms with E-state index in [0.29, 0.717) is 23.9 Å². The van der Waals surface area contributed by atoms with Crippen LogP contribution in [-0.4, -0.2) is 35.8 Å². The quantitative estimate of drug-likeness (QED) is 0.260. The lowest BCUT2D eigenvalue weighted by Crippen LogP contribution is -2.32. The van der Waals surface area contributed by atoms with Crippen molar-refractivity contribution in [2.75, 3.05) is 18.5 Å². The van der Waals surface area contributed by atoms with Gasteiger partial charge >= 0.3 is 0 Å². The summed E-state index contributed by atoms with van der Waals surface area (Å²) in [5, 5.41) is 26.2. The lowest BCUT2D eigenvalue weighted by molar-refractivity contribution is -0.105. The van der Waals surface area contributed by atoms with E-state index in [2.05, 4.69) is 41.8 Å². The summed E-state index contributed by atoms with van der Waals surface area (Å²) < 4.78 is 6.23. The van der Waals surface area contributed by atoms with Gasteiger partial charge in [0.25, 0.3) is 0 Å². The van der Waals surface area contributed by atoms with Crippen LogP contribution in [0.3, 0.4) is 0 Å². The maximum atomic E-state index is 10.7. The van der Waals surface area contributed by atoms with Crippen LogP contribution in [0.2, 0.25) is 0 Å². The van der Waals surface area contributed by atoms with Crippen LogP contribution in [-0.2, 0) is 11.2 Å². The van der Waals surface area contributed by atoms with Crippen LogP contribution in [0.25, 0.3) is 0 Å². The van der Waals surface area contributed by atoms with Gasteiger partial charge in [-0.2, -0.15) is 0 Å². The van der Waals surface area contributed by atoms with E-state index in [9.17, 15) is 15.0 Å². The van der Waals surface area contributed by atoms with Gasteiger partial charge < -0.3 is 25.6 Å². The summed E-state index contributed by atoms with van der Waals surface area (Å²) in [5.74, 6) is 3.86. The molecule has 35 heavy (non-hydrogen) atoms. The third-order valence-electron chi connectivity index (χ3n) is 8.75. The number of hydrogen-bond acceptors (Lipinski definition) is 5. The highest BCUT2D eigenvalue weighted by Gasteiger charge is 2.57. The average molecular weight is 479 g/mol. The van der Waals surface area contributed by atoms with Crippen molar-refractivity contribution < 1.29 is 19.7 Å². The van der Waals surface area contributed by atoms with Crippen molar-refractivity contribution >= 4 is 12.1 Å². The molecule has 0 heterocycles. The predicted octanol–water partition coefficient (Wildman–Crippen LogP) is 4.81. The van der Waals surface area contributed by atoms with Crippen LogP contribution in [0.1, 0.15) is 62.7 Å². The molecule has 1 amide bonds. The van der Waals surface area contributed by atoms with Crippen LogP contribution >= 0.6 is 0 Å². The van der Waals surface area contributed by atoms with Gasteiger partial charge in [0.15, 0.2) is 0 Å². The monoisotopic (exact) mass is 478 g/mol. The van der Waals surface area contributed by atoms with Crippen LogP contribution < -0.4 is 15.4 Å². The minimum Gasteiger partial charge on any atom is -0.506 e. The molecule has 4 atom stereocenters. The fourth-order valence-corrected chi connectivity index (χ4v) is 7.30. The van der Waals surface area contributed by atoms with Gasteiger partial charge in [0.1, 0.15) is 11.5 Å². The number of aliphatic hydroxyl groups excluding tert-OH is 1. The topological polar surface area (TPSA) is 90.8 Å². The maximum absolute atomic E-state index is 10.7. The summed E-state index contributed by atoms with van der Waals surface area (Å²) in [5.41, 5.74) is 2.70. The zero-order valence-corrected chi connectivity index (χ0v) is 20.6. The predicted molar refractivity (Wildman–Crippen MR) is 136 cm³/mol. The SMILES string of the molecule is C[C@H](Cc1cccc(OCCC23CC4CC(CC2C4)C3)c1)NC[C@H](O)c1ccc(O)c(NC=O)c1. The van der Waals surface area contributed by atoms with E-state index in [1.807, 2.05) is 0 Å². The molecule has 4 aliphatic carbocycles. The summed E-state index contributed by atoms with van der Waals surface area (Å²) in [6.07, 6.45) is 9.07. The van der Waals surface area contributed by atoms with Crippen LogP contribution in [0.5, 0.6) is 11.5 Å². The van der Waals surface area contributed by atoms with Gasteiger partial charge in [-0.1, -0.05) is 18.2 Å². The third kappa shape index (κ3) is 5.34. The molecule has 4 N–H and O–H groups in total. The van der Waals surface area contributed by atoms with Crippen LogP contribution in [0, 0.1) is 23.2 Å². The summed E-state index contributed by atoms with van der Waals surface area (Å²) in [4.78, 5) is 10.7. The molecule has 0 spiro atoms. The normalized spacial score (nSPS) is 28.1. The highest BCUT2D eigenvalue weighted by molar-refractivity contribution is 5.75. The largest absolute Gasteiger partial charge is 0.506 e. The number of aliphatic hydroxyl groups is 1. The molecule has 0 saturated heterocycles. The molecule has 4 saturated carbocycles. The van der Waals surface area contributed by atoms with Gasteiger partial charge in [-0.15, -0.1) is 0 Å². The molecule has 2 unspecified atom stereocenters. The Balaban J connectivity index is 1.09. The number of benzene rings is 2. The Morgan fingerprint density at radius 2 is 1.94 bits per heavy atom. The fourth-order valence-electron chi connectivity index (χ4n) is 7.30. The van der Waals surface area contributed by atoms with Gasteiger partial charge in [0.2, 0.25) is 6.41 Å². The zero-order valence-electron chi connectivity index (χ0n) is 20.6. The van der Waals surface area contributed by atoms with Gasteiger partial charge in [0.05, 0.1) is 18.4 Å². The summed E-state index contributed by atoms with van der Waals surface area (Å²) in [6.45, 7) is 3.28. The lowest BCUT2D eigenvalue weighted by atomic mass is 9.74. The van der Waals surface area contributed by atoms with Gasteiger partial charge in [-0.3, -0.25) is 4.79 Å². The minimum absolute atomic E-state index is 0.0287. The first-order chi connectivity index (χ1) is 16.9. The number of carbonyl (C=O) groups excluding carboxylic acids is 1. The Kier molecular flexibility index (Phi) is 7.03. The van der Waals surface area contributed by atoms with E-state index >= 15 is 0 Å². The second-order valence-corrected chi connectivity index (χ2v) is 11.2. The van der Waals surface area contributed by atoms with Crippen LogP contribution in [0.4, 0.5) is 5.69 Å². The number of anilines is 1. The van der Waals surface area contributed by atoms with Crippen molar-refractivity contribution in [1.29, 1.82) is 0 Å². The van der Waals surface area contributed by atoms with E-state index in [1.54, 1.807) is 12.1 Å². The number of nitrogens with one attached hydrogen (secondary N) is 2.